The van der Waals surface area contributed by atoms with Crippen LogP contribution in [0.2, 0.25) is 0 Å². The van der Waals surface area contributed by atoms with E-state index < -0.39 is 36.0 Å². The molecule has 4 amide bonds. The summed E-state index contributed by atoms with van der Waals surface area (Å²) in [5.74, 6) is -2.57. The summed E-state index contributed by atoms with van der Waals surface area (Å²) in [7, 11) is 0. The van der Waals surface area contributed by atoms with Crippen LogP contribution in [0.25, 0.3) is 0 Å². The van der Waals surface area contributed by atoms with Gasteiger partial charge in [0.2, 0.25) is 23.6 Å². The minimum absolute atomic E-state index is 0.173. The predicted molar refractivity (Wildman–Crippen MR) is 161 cm³/mol. The zero-order chi connectivity index (χ0) is 29.9. The first-order chi connectivity index (χ1) is 21.5. The Morgan fingerprint density at radius 3 is 1.05 bits per heavy atom. The standard InChI is InChI=1S/C36H30N4O4/c41-33-27-29(25-17-9-3-10-18-25)40-32-28(34(42)38(36(32)44)22-24-15-7-2-8-16-24)30(26-19-11-4-12-20-26)39(40)31(27)35(43)37(33)21-23-13-5-1-6-14-23/h1-20,27-32H,21-22H2/t27-,28-,29+,30+,31+,32+/m0/s1. The van der Waals surface area contributed by atoms with Gasteiger partial charge in [-0.15, -0.1) is 0 Å². The number of fused-ring (bicyclic) bond motifs is 5. The van der Waals surface area contributed by atoms with Gasteiger partial charge < -0.3 is 0 Å². The first kappa shape index (κ1) is 26.7. The normalized spacial score (nSPS) is 28.1. The molecular formula is C36H30N4O4. The van der Waals surface area contributed by atoms with Crippen LogP contribution in [0.15, 0.2) is 121 Å². The van der Waals surface area contributed by atoms with Crippen molar-refractivity contribution in [1.82, 2.24) is 19.8 Å². The Labute approximate surface area is 255 Å². The summed E-state index contributed by atoms with van der Waals surface area (Å²) < 4.78 is 0. The molecule has 0 bridgehead atoms. The SMILES string of the molecule is O=C1[C@H]2[C@@H](c3ccccc3)N3[C@H]4C(=O)N(Cc5ccccc5)C(=O)[C@H]4[C@@H](c4ccccc4)N3[C@H]2C(=O)N1Cc1ccccc1. The molecule has 0 aliphatic carbocycles. The number of amides is 4. The molecule has 0 N–H and O–H groups in total. The quantitative estimate of drug-likeness (QED) is 0.318. The van der Waals surface area contributed by atoms with E-state index in [2.05, 4.69) is 0 Å². The van der Waals surface area contributed by atoms with Crippen LogP contribution in [0.4, 0.5) is 0 Å². The van der Waals surface area contributed by atoms with Crippen LogP contribution in [-0.4, -0.2) is 55.5 Å². The minimum Gasteiger partial charge on any atom is -0.276 e. The van der Waals surface area contributed by atoms with Gasteiger partial charge in [-0.3, -0.25) is 29.0 Å². The number of carbonyl (C=O) groups excluding carboxylic acids is 4. The Bertz CT molecular complexity index is 1620. The van der Waals surface area contributed by atoms with Crippen LogP contribution in [0.1, 0.15) is 34.3 Å². The number of carbonyl (C=O) groups is 4. The van der Waals surface area contributed by atoms with Crippen molar-refractivity contribution in [2.75, 3.05) is 0 Å². The molecule has 44 heavy (non-hydrogen) atoms. The fraction of sp³-hybridized carbons (Fsp3) is 0.222. The van der Waals surface area contributed by atoms with E-state index >= 15 is 0 Å². The maximum Gasteiger partial charge on any atom is 0.249 e. The fourth-order valence-corrected chi connectivity index (χ4v) is 7.76. The van der Waals surface area contributed by atoms with Crippen molar-refractivity contribution in [2.24, 2.45) is 11.8 Å². The lowest BCUT2D eigenvalue weighted by Gasteiger charge is -2.35. The van der Waals surface area contributed by atoms with Gasteiger partial charge in [0, 0.05) is 0 Å². The molecule has 4 fully saturated rings. The van der Waals surface area contributed by atoms with Crippen molar-refractivity contribution in [3.63, 3.8) is 0 Å². The molecule has 218 valence electrons. The van der Waals surface area contributed by atoms with Gasteiger partial charge in [0.25, 0.3) is 0 Å². The third kappa shape index (κ3) is 3.91. The monoisotopic (exact) mass is 582 g/mol. The molecular weight excluding hydrogens is 552 g/mol. The van der Waals surface area contributed by atoms with Crippen LogP contribution < -0.4 is 0 Å². The molecule has 4 saturated heterocycles. The van der Waals surface area contributed by atoms with Crippen LogP contribution in [0.3, 0.4) is 0 Å². The number of rotatable bonds is 6. The van der Waals surface area contributed by atoms with E-state index in [1.807, 2.05) is 131 Å². The smallest absolute Gasteiger partial charge is 0.249 e. The number of hydrogen-bond donors (Lipinski definition) is 0. The predicted octanol–water partition coefficient (Wildman–Crippen LogP) is 4.12. The first-order valence-electron chi connectivity index (χ1n) is 15.0. The first-order valence-corrected chi connectivity index (χ1v) is 15.0. The van der Waals surface area contributed by atoms with Gasteiger partial charge in [0.05, 0.1) is 37.0 Å². The fourth-order valence-electron chi connectivity index (χ4n) is 7.76. The topological polar surface area (TPSA) is 81.2 Å². The average molecular weight is 583 g/mol. The highest BCUT2D eigenvalue weighted by Crippen LogP contribution is 2.59. The molecule has 4 heterocycles. The number of hydrogen-bond acceptors (Lipinski definition) is 6. The van der Waals surface area contributed by atoms with Crippen LogP contribution in [-0.2, 0) is 32.3 Å². The van der Waals surface area contributed by atoms with Gasteiger partial charge in [-0.2, -0.15) is 0 Å². The second-order valence-electron chi connectivity index (χ2n) is 11.9. The van der Waals surface area contributed by atoms with Crippen molar-refractivity contribution in [3.8, 4) is 0 Å². The molecule has 8 heteroatoms. The van der Waals surface area contributed by atoms with E-state index in [0.29, 0.717) is 0 Å². The Kier molecular flexibility index (Phi) is 6.29. The highest BCUT2D eigenvalue weighted by atomic mass is 16.2. The Balaban J connectivity index is 1.26. The van der Waals surface area contributed by atoms with Crippen molar-refractivity contribution in [2.45, 2.75) is 37.3 Å². The van der Waals surface area contributed by atoms with Gasteiger partial charge in [-0.05, 0) is 22.3 Å². The summed E-state index contributed by atoms with van der Waals surface area (Å²) in [6, 6.07) is 35.3. The maximum absolute atomic E-state index is 14.3. The summed E-state index contributed by atoms with van der Waals surface area (Å²) in [6.45, 7) is 0.346. The number of likely N-dealkylation sites (tertiary alicyclic amines) is 2. The Morgan fingerprint density at radius 1 is 0.386 bits per heavy atom. The van der Waals surface area contributed by atoms with Gasteiger partial charge in [0.15, 0.2) is 0 Å². The molecule has 4 aliphatic rings. The van der Waals surface area contributed by atoms with Crippen molar-refractivity contribution in [3.05, 3.63) is 144 Å². The van der Waals surface area contributed by atoms with Crippen molar-refractivity contribution in [1.29, 1.82) is 0 Å². The van der Waals surface area contributed by atoms with E-state index in [9.17, 15) is 19.2 Å². The van der Waals surface area contributed by atoms with Crippen LogP contribution in [0, 0.1) is 11.8 Å². The summed E-state index contributed by atoms with van der Waals surface area (Å²) in [5.41, 5.74) is 3.40. The number of benzene rings is 4. The van der Waals surface area contributed by atoms with E-state index in [0.717, 1.165) is 22.3 Å². The number of imide groups is 2. The molecule has 6 atom stereocenters. The lowest BCUT2D eigenvalue weighted by atomic mass is 9.84. The van der Waals surface area contributed by atoms with Gasteiger partial charge in [0.1, 0.15) is 12.1 Å². The van der Waals surface area contributed by atoms with E-state index in [1.54, 1.807) is 0 Å². The average Bonchev–Trinajstić information content (AvgIpc) is 3.72. The highest BCUT2D eigenvalue weighted by molar-refractivity contribution is 6.10. The summed E-state index contributed by atoms with van der Waals surface area (Å²) in [5, 5.41) is 3.85. The Morgan fingerprint density at radius 2 is 0.705 bits per heavy atom. The van der Waals surface area contributed by atoms with Crippen molar-refractivity contribution < 1.29 is 19.2 Å². The van der Waals surface area contributed by atoms with Gasteiger partial charge in [-0.25, -0.2) is 10.0 Å². The van der Waals surface area contributed by atoms with Crippen LogP contribution >= 0.6 is 0 Å². The molecule has 0 radical (unpaired) electrons. The molecule has 8 nitrogen and oxygen atoms in total. The van der Waals surface area contributed by atoms with Gasteiger partial charge in [-0.1, -0.05) is 121 Å². The number of hydrazine groups is 1. The molecule has 8 rings (SSSR count). The second kappa shape index (κ2) is 10.4. The Hall–Kier alpha value is -4.92. The zero-order valence-electron chi connectivity index (χ0n) is 23.8. The molecule has 0 unspecified atom stereocenters. The molecule has 0 saturated carbocycles. The zero-order valence-corrected chi connectivity index (χ0v) is 23.8. The molecule has 4 aromatic rings. The summed E-state index contributed by atoms with van der Waals surface area (Å²) in [6.07, 6.45) is 0. The highest BCUT2D eigenvalue weighted by Gasteiger charge is 2.73. The van der Waals surface area contributed by atoms with Crippen molar-refractivity contribution >= 4 is 23.6 Å². The molecule has 4 aromatic carbocycles. The number of nitrogens with zero attached hydrogens (tertiary/aromatic N) is 4. The van der Waals surface area contributed by atoms with Gasteiger partial charge >= 0.3 is 0 Å². The van der Waals surface area contributed by atoms with E-state index in [4.69, 9.17) is 0 Å². The minimum atomic E-state index is -0.838. The molecule has 4 aliphatic heterocycles. The maximum atomic E-state index is 14.3. The lowest BCUT2D eigenvalue weighted by Crippen LogP contribution is -2.49. The molecule has 0 spiro atoms. The largest absolute Gasteiger partial charge is 0.276 e. The third-order valence-corrected chi connectivity index (χ3v) is 9.56. The van der Waals surface area contributed by atoms with Crippen LogP contribution in [0.5, 0.6) is 0 Å². The summed E-state index contributed by atoms with van der Waals surface area (Å²) in [4.78, 5) is 60.0. The molecule has 0 aromatic heterocycles. The summed E-state index contributed by atoms with van der Waals surface area (Å²) >= 11 is 0. The third-order valence-electron chi connectivity index (χ3n) is 9.56. The van der Waals surface area contributed by atoms with E-state index in [-0.39, 0.29) is 36.7 Å². The second-order valence-corrected chi connectivity index (χ2v) is 11.9. The lowest BCUT2D eigenvalue weighted by molar-refractivity contribution is -0.153. The van der Waals surface area contributed by atoms with E-state index in [1.165, 1.54) is 9.80 Å².